The second kappa shape index (κ2) is 6.55. The van der Waals surface area contributed by atoms with E-state index in [1.807, 2.05) is 7.05 Å². The van der Waals surface area contributed by atoms with Crippen LogP contribution in [0.5, 0.6) is 0 Å². The van der Waals surface area contributed by atoms with Crippen molar-refractivity contribution in [3.63, 3.8) is 0 Å². The molecule has 1 aromatic rings. The van der Waals surface area contributed by atoms with Gasteiger partial charge in [0.25, 0.3) is 0 Å². The predicted octanol–water partition coefficient (Wildman–Crippen LogP) is 0.866. The predicted molar refractivity (Wildman–Crippen MR) is 67.2 cm³/mol. The van der Waals surface area contributed by atoms with E-state index in [-0.39, 0.29) is 6.10 Å². The SMILES string of the molecule is CN1CCO[C@@H](CNCc2nccn2CC(F)(F)F)C1. The molecule has 2 heterocycles. The van der Waals surface area contributed by atoms with E-state index in [2.05, 4.69) is 15.2 Å². The van der Waals surface area contributed by atoms with Crippen molar-refractivity contribution in [1.82, 2.24) is 19.8 Å². The van der Waals surface area contributed by atoms with Crippen LogP contribution in [0.2, 0.25) is 0 Å². The summed E-state index contributed by atoms with van der Waals surface area (Å²) in [6.45, 7) is 2.31. The zero-order valence-electron chi connectivity index (χ0n) is 11.4. The molecule has 0 unspecified atom stereocenters. The monoisotopic (exact) mass is 292 g/mol. The minimum Gasteiger partial charge on any atom is -0.374 e. The summed E-state index contributed by atoms with van der Waals surface area (Å²) in [5, 5.41) is 3.10. The van der Waals surface area contributed by atoms with Crippen LogP contribution in [0.1, 0.15) is 5.82 Å². The number of halogens is 3. The zero-order chi connectivity index (χ0) is 14.6. The number of nitrogens with zero attached hydrogens (tertiary/aromatic N) is 3. The van der Waals surface area contributed by atoms with Crippen LogP contribution < -0.4 is 5.32 Å². The molecule has 1 fully saturated rings. The highest BCUT2D eigenvalue weighted by atomic mass is 19.4. The van der Waals surface area contributed by atoms with Crippen molar-refractivity contribution in [3.8, 4) is 0 Å². The summed E-state index contributed by atoms with van der Waals surface area (Å²) in [4.78, 5) is 6.11. The van der Waals surface area contributed by atoms with Gasteiger partial charge in [-0.1, -0.05) is 0 Å². The van der Waals surface area contributed by atoms with Crippen molar-refractivity contribution in [3.05, 3.63) is 18.2 Å². The third-order valence-corrected chi connectivity index (χ3v) is 3.15. The van der Waals surface area contributed by atoms with E-state index in [9.17, 15) is 13.2 Å². The molecule has 2 rings (SSSR count). The van der Waals surface area contributed by atoms with Gasteiger partial charge in [0.1, 0.15) is 12.4 Å². The first-order chi connectivity index (χ1) is 9.44. The van der Waals surface area contributed by atoms with Gasteiger partial charge >= 0.3 is 6.18 Å². The Balaban J connectivity index is 1.78. The first-order valence-corrected chi connectivity index (χ1v) is 6.51. The lowest BCUT2D eigenvalue weighted by Crippen LogP contribution is -2.44. The highest BCUT2D eigenvalue weighted by molar-refractivity contribution is 4.93. The number of alkyl halides is 3. The fraction of sp³-hybridized carbons (Fsp3) is 0.750. The molecule has 0 amide bonds. The molecule has 8 heteroatoms. The summed E-state index contributed by atoms with van der Waals surface area (Å²) in [5.74, 6) is 0.381. The normalized spacial score (nSPS) is 21.3. The topological polar surface area (TPSA) is 42.3 Å². The lowest BCUT2D eigenvalue weighted by Gasteiger charge is -2.30. The van der Waals surface area contributed by atoms with E-state index >= 15 is 0 Å². The Labute approximate surface area is 115 Å². The molecule has 1 aliphatic heterocycles. The molecule has 114 valence electrons. The fourth-order valence-corrected chi connectivity index (χ4v) is 2.18. The van der Waals surface area contributed by atoms with Crippen LogP contribution in [0.15, 0.2) is 12.4 Å². The number of rotatable bonds is 5. The van der Waals surface area contributed by atoms with Gasteiger partial charge in [-0.15, -0.1) is 0 Å². The first-order valence-electron chi connectivity index (χ1n) is 6.51. The number of hydrogen-bond donors (Lipinski definition) is 1. The first kappa shape index (κ1) is 15.3. The van der Waals surface area contributed by atoms with Gasteiger partial charge in [-0.3, -0.25) is 0 Å². The number of likely N-dealkylation sites (N-methyl/N-ethyl adjacent to an activating group) is 1. The van der Waals surface area contributed by atoms with Crippen molar-refractivity contribution < 1.29 is 17.9 Å². The molecular formula is C12H19F3N4O. The third kappa shape index (κ3) is 4.77. The summed E-state index contributed by atoms with van der Waals surface area (Å²) >= 11 is 0. The number of aromatic nitrogens is 2. The molecule has 0 aliphatic carbocycles. The van der Waals surface area contributed by atoms with E-state index < -0.39 is 12.7 Å². The maximum atomic E-state index is 12.4. The van der Waals surface area contributed by atoms with Gasteiger partial charge in [-0.25, -0.2) is 4.98 Å². The van der Waals surface area contributed by atoms with Crippen LogP contribution in [0.3, 0.4) is 0 Å². The molecule has 1 saturated heterocycles. The van der Waals surface area contributed by atoms with Crippen LogP contribution in [-0.2, 0) is 17.8 Å². The van der Waals surface area contributed by atoms with Crippen molar-refractivity contribution in [1.29, 1.82) is 0 Å². The summed E-state index contributed by atoms with van der Waals surface area (Å²) in [6.07, 6.45) is -1.44. The average molecular weight is 292 g/mol. The van der Waals surface area contributed by atoms with Crippen molar-refractivity contribution in [2.75, 3.05) is 33.3 Å². The van der Waals surface area contributed by atoms with E-state index in [1.165, 1.54) is 12.4 Å². The lowest BCUT2D eigenvalue weighted by molar-refractivity contribution is -0.141. The quantitative estimate of drug-likeness (QED) is 0.874. The molecule has 20 heavy (non-hydrogen) atoms. The number of ether oxygens (including phenoxy) is 1. The van der Waals surface area contributed by atoms with Crippen molar-refractivity contribution >= 4 is 0 Å². The molecule has 0 aromatic carbocycles. The second-order valence-electron chi connectivity index (χ2n) is 4.97. The van der Waals surface area contributed by atoms with Gasteiger partial charge < -0.3 is 19.5 Å². The zero-order valence-corrected chi connectivity index (χ0v) is 11.4. The van der Waals surface area contributed by atoms with Gasteiger partial charge in [-0.2, -0.15) is 13.2 Å². The minimum absolute atomic E-state index is 0.0692. The van der Waals surface area contributed by atoms with E-state index in [0.717, 1.165) is 17.7 Å². The van der Waals surface area contributed by atoms with E-state index in [4.69, 9.17) is 4.74 Å². The Morgan fingerprint density at radius 2 is 2.30 bits per heavy atom. The summed E-state index contributed by atoms with van der Waals surface area (Å²) in [5.41, 5.74) is 0. The van der Waals surface area contributed by atoms with Crippen LogP contribution in [0, 0.1) is 0 Å². The van der Waals surface area contributed by atoms with Gasteiger partial charge in [0.2, 0.25) is 0 Å². The Kier molecular flexibility index (Phi) is 5.00. The summed E-state index contributed by atoms with van der Waals surface area (Å²) < 4.78 is 43.8. The van der Waals surface area contributed by atoms with Crippen LogP contribution >= 0.6 is 0 Å². The molecule has 1 aliphatic rings. The van der Waals surface area contributed by atoms with Crippen LogP contribution in [0.25, 0.3) is 0 Å². The Bertz CT molecular complexity index is 421. The van der Waals surface area contributed by atoms with Gasteiger partial charge in [-0.05, 0) is 7.05 Å². The molecule has 0 radical (unpaired) electrons. The summed E-state index contributed by atoms with van der Waals surface area (Å²) in [7, 11) is 2.02. The highest BCUT2D eigenvalue weighted by Gasteiger charge is 2.28. The average Bonchev–Trinajstić information content (AvgIpc) is 2.74. The lowest BCUT2D eigenvalue weighted by atomic mass is 10.3. The van der Waals surface area contributed by atoms with Crippen LogP contribution in [-0.4, -0.2) is 60.0 Å². The second-order valence-corrected chi connectivity index (χ2v) is 4.97. The van der Waals surface area contributed by atoms with Crippen molar-refractivity contribution in [2.45, 2.75) is 25.4 Å². The highest BCUT2D eigenvalue weighted by Crippen LogP contribution is 2.18. The number of imidazole rings is 1. The molecule has 1 aromatic heterocycles. The minimum atomic E-state index is -4.23. The van der Waals surface area contributed by atoms with Crippen molar-refractivity contribution in [2.24, 2.45) is 0 Å². The van der Waals surface area contributed by atoms with Gasteiger partial charge in [0.15, 0.2) is 0 Å². The van der Waals surface area contributed by atoms with Gasteiger partial charge in [0.05, 0.1) is 19.3 Å². The molecule has 1 atom stereocenters. The van der Waals surface area contributed by atoms with Crippen LogP contribution in [0.4, 0.5) is 13.2 Å². The Morgan fingerprint density at radius 1 is 1.50 bits per heavy atom. The number of hydrogen-bond acceptors (Lipinski definition) is 4. The smallest absolute Gasteiger partial charge is 0.374 e. The number of morpholine rings is 1. The third-order valence-electron chi connectivity index (χ3n) is 3.15. The van der Waals surface area contributed by atoms with E-state index in [1.54, 1.807) is 0 Å². The molecule has 1 N–H and O–H groups in total. The van der Waals surface area contributed by atoms with Gasteiger partial charge in [0, 0.05) is 32.0 Å². The standard InChI is InChI=1S/C12H19F3N4O/c1-18-4-5-20-10(8-18)6-16-7-11-17-2-3-19(11)9-12(13,14)15/h2-3,10,16H,4-9H2,1H3/t10-/m0/s1. The Morgan fingerprint density at radius 3 is 3.00 bits per heavy atom. The maximum absolute atomic E-state index is 12.4. The molecule has 0 bridgehead atoms. The molecule has 5 nitrogen and oxygen atoms in total. The maximum Gasteiger partial charge on any atom is 0.406 e. The summed E-state index contributed by atoms with van der Waals surface area (Å²) in [6, 6.07) is 0. The fourth-order valence-electron chi connectivity index (χ4n) is 2.18. The largest absolute Gasteiger partial charge is 0.406 e. The molecule has 0 saturated carbocycles. The molecular weight excluding hydrogens is 273 g/mol. The molecule has 0 spiro atoms. The number of nitrogens with one attached hydrogen (secondary N) is 1. The Hall–Kier alpha value is -1.12. The van der Waals surface area contributed by atoms with E-state index in [0.29, 0.717) is 25.5 Å².